The predicted molar refractivity (Wildman–Crippen MR) is 39.3 cm³/mol. The molecule has 0 aromatic heterocycles. The molecule has 0 aromatic carbocycles. The van der Waals surface area contributed by atoms with E-state index in [1.807, 2.05) is 0 Å². The minimum absolute atomic E-state index is 1.26. The van der Waals surface area contributed by atoms with E-state index >= 15 is 0 Å². The highest BCUT2D eigenvalue weighted by atomic mass is 28.4. The summed E-state index contributed by atoms with van der Waals surface area (Å²) in [5.41, 5.74) is 0. The van der Waals surface area contributed by atoms with Gasteiger partial charge < -0.3 is 8.85 Å². The molecule has 1 heterocycles. The van der Waals surface area contributed by atoms with Crippen LogP contribution in [0.25, 0.3) is 0 Å². The van der Waals surface area contributed by atoms with Gasteiger partial charge in [0.1, 0.15) is 13.2 Å². The topological polar surface area (TPSA) is 18.5 Å². The van der Waals surface area contributed by atoms with Crippen LogP contribution >= 0.6 is 0 Å². The zero-order valence-corrected chi connectivity index (χ0v) is 8.24. The maximum Gasteiger partial charge on any atom is 0.334 e. The van der Waals surface area contributed by atoms with Gasteiger partial charge in [0.2, 0.25) is 0 Å². The number of alkyl halides is 4. The fourth-order valence-electron chi connectivity index (χ4n) is 0.782. The van der Waals surface area contributed by atoms with E-state index in [1.165, 1.54) is 13.1 Å². The molecule has 1 saturated heterocycles. The minimum Gasteiger partial charge on any atom is -0.388 e. The molecule has 0 aliphatic carbocycles. The first-order valence-electron chi connectivity index (χ1n) is 3.70. The zero-order valence-electron chi connectivity index (χ0n) is 7.24. The molecule has 1 fully saturated rings. The molecule has 0 unspecified atom stereocenters. The number of halogens is 4. The van der Waals surface area contributed by atoms with Gasteiger partial charge in [-0.25, -0.2) is 0 Å². The van der Waals surface area contributed by atoms with Crippen molar-refractivity contribution >= 4 is 8.56 Å². The summed E-state index contributed by atoms with van der Waals surface area (Å²) < 4.78 is 59.9. The molecule has 0 atom stereocenters. The summed E-state index contributed by atoms with van der Waals surface area (Å²) in [7, 11) is -2.78. The molecule has 2 nitrogen and oxygen atoms in total. The Labute approximate surface area is 74.1 Å². The van der Waals surface area contributed by atoms with Crippen molar-refractivity contribution in [3.63, 3.8) is 0 Å². The Hall–Kier alpha value is -0.143. The van der Waals surface area contributed by atoms with Crippen LogP contribution in [0.2, 0.25) is 13.1 Å². The van der Waals surface area contributed by atoms with Crippen molar-refractivity contribution in [1.82, 2.24) is 0 Å². The van der Waals surface area contributed by atoms with Crippen molar-refractivity contribution in [3.8, 4) is 0 Å². The molecular formula is C6H10F4O2Si. The van der Waals surface area contributed by atoms with Crippen LogP contribution < -0.4 is 0 Å². The van der Waals surface area contributed by atoms with E-state index in [9.17, 15) is 17.6 Å². The van der Waals surface area contributed by atoms with Crippen LogP contribution in [0.5, 0.6) is 0 Å². The molecule has 0 saturated carbocycles. The van der Waals surface area contributed by atoms with E-state index in [2.05, 4.69) is 8.85 Å². The van der Waals surface area contributed by atoms with E-state index in [0.29, 0.717) is 0 Å². The van der Waals surface area contributed by atoms with Crippen LogP contribution in [-0.2, 0) is 8.85 Å². The normalized spacial score (nSPS) is 30.9. The number of rotatable bonds is 0. The first kappa shape index (κ1) is 10.9. The zero-order chi connectivity index (χ0) is 10.3. The second kappa shape index (κ2) is 2.93. The van der Waals surface area contributed by atoms with Crippen molar-refractivity contribution in [2.24, 2.45) is 0 Å². The molecule has 1 aliphatic heterocycles. The monoisotopic (exact) mass is 218 g/mol. The first-order chi connectivity index (χ1) is 5.66. The SMILES string of the molecule is C[Si]1(C)OCC(F)(F)C(F)(F)CO1. The van der Waals surface area contributed by atoms with Crippen LogP contribution in [-0.4, -0.2) is 33.6 Å². The van der Waals surface area contributed by atoms with Crippen molar-refractivity contribution in [3.05, 3.63) is 0 Å². The highest BCUT2D eigenvalue weighted by Crippen LogP contribution is 2.38. The highest BCUT2D eigenvalue weighted by molar-refractivity contribution is 6.64. The van der Waals surface area contributed by atoms with Gasteiger partial charge in [-0.05, 0) is 13.1 Å². The third kappa shape index (κ3) is 2.21. The van der Waals surface area contributed by atoms with Crippen molar-refractivity contribution in [1.29, 1.82) is 0 Å². The molecule has 0 N–H and O–H groups in total. The molecule has 0 radical (unpaired) electrons. The van der Waals surface area contributed by atoms with Gasteiger partial charge >= 0.3 is 20.4 Å². The fraction of sp³-hybridized carbons (Fsp3) is 1.00. The molecule has 78 valence electrons. The van der Waals surface area contributed by atoms with Gasteiger partial charge in [-0.15, -0.1) is 0 Å². The van der Waals surface area contributed by atoms with Crippen LogP contribution in [0.4, 0.5) is 17.6 Å². The Bertz CT molecular complexity index is 187. The average molecular weight is 218 g/mol. The summed E-state index contributed by atoms with van der Waals surface area (Å²) in [6.45, 7) is 0.368. The van der Waals surface area contributed by atoms with Gasteiger partial charge in [0, 0.05) is 0 Å². The summed E-state index contributed by atoms with van der Waals surface area (Å²) in [5.74, 6) is -8.26. The summed E-state index contributed by atoms with van der Waals surface area (Å²) in [6.07, 6.45) is 0. The third-order valence-electron chi connectivity index (χ3n) is 1.74. The van der Waals surface area contributed by atoms with Crippen LogP contribution in [0.15, 0.2) is 0 Å². The molecule has 13 heavy (non-hydrogen) atoms. The molecule has 7 heteroatoms. The quantitative estimate of drug-likeness (QED) is 0.457. The Kier molecular flexibility index (Phi) is 2.46. The molecule has 0 amide bonds. The lowest BCUT2D eigenvalue weighted by molar-refractivity contribution is -0.222. The number of hydrogen-bond donors (Lipinski definition) is 0. The van der Waals surface area contributed by atoms with E-state index in [-0.39, 0.29) is 0 Å². The standard InChI is InChI=1S/C6H10F4O2Si/c1-13(2)11-3-5(7,8)6(9,10)4-12-13/h3-4H2,1-2H3. The number of hydrogen-bond acceptors (Lipinski definition) is 2. The van der Waals surface area contributed by atoms with Gasteiger partial charge in [-0.2, -0.15) is 17.6 Å². The van der Waals surface area contributed by atoms with Gasteiger partial charge in [0.15, 0.2) is 0 Å². The summed E-state index contributed by atoms with van der Waals surface area (Å²) >= 11 is 0. The largest absolute Gasteiger partial charge is 0.388 e. The first-order valence-corrected chi connectivity index (χ1v) is 6.52. The fourth-order valence-corrected chi connectivity index (χ4v) is 1.92. The molecule has 1 aliphatic rings. The second-order valence-electron chi connectivity index (χ2n) is 3.39. The Balaban J connectivity index is 2.82. The molecular weight excluding hydrogens is 208 g/mol. The van der Waals surface area contributed by atoms with E-state index in [4.69, 9.17) is 0 Å². The van der Waals surface area contributed by atoms with Crippen LogP contribution in [0.1, 0.15) is 0 Å². The lowest BCUT2D eigenvalue weighted by Gasteiger charge is -2.22. The van der Waals surface area contributed by atoms with E-state index < -0.39 is 33.6 Å². The smallest absolute Gasteiger partial charge is 0.334 e. The minimum atomic E-state index is -4.13. The molecule has 0 aromatic rings. The van der Waals surface area contributed by atoms with E-state index in [0.717, 1.165) is 0 Å². The van der Waals surface area contributed by atoms with Gasteiger partial charge in [0.25, 0.3) is 0 Å². The highest BCUT2D eigenvalue weighted by Gasteiger charge is 2.59. The third-order valence-corrected chi connectivity index (χ3v) is 3.42. The summed E-state index contributed by atoms with van der Waals surface area (Å²) in [6, 6.07) is 0. The summed E-state index contributed by atoms with van der Waals surface area (Å²) in [5, 5.41) is 0. The Morgan fingerprint density at radius 3 is 1.54 bits per heavy atom. The molecule has 0 bridgehead atoms. The average Bonchev–Trinajstić information content (AvgIpc) is 2.02. The van der Waals surface area contributed by atoms with Gasteiger partial charge in [-0.1, -0.05) is 0 Å². The Morgan fingerprint density at radius 1 is 0.923 bits per heavy atom. The van der Waals surface area contributed by atoms with E-state index in [1.54, 1.807) is 0 Å². The maximum absolute atomic E-state index is 12.7. The second-order valence-corrected chi connectivity index (χ2v) is 6.76. The van der Waals surface area contributed by atoms with Crippen molar-refractivity contribution in [2.45, 2.75) is 24.9 Å². The van der Waals surface area contributed by atoms with Gasteiger partial charge in [-0.3, -0.25) is 0 Å². The molecule has 1 rings (SSSR count). The Morgan fingerprint density at radius 2 is 1.23 bits per heavy atom. The lowest BCUT2D eigenvalue weighted by Crippen LogP contribution is -2.45. The van der Waals surface area contributed by atoms with Gasteiger partial charge in [0.05, 0.1) is 0 Å². The van der Waals surface area contributed by atoms with Crippen molar-refractivity contribution < 1.29 is 26.4 Å². The lowest BCUT2D eigenvalue weighted by atomic mass is 10.2. The molecule has 0 spiro atoms. The predicted octanol–water partition coefficient (Wildman–Crippen LogP) is 2.01. The van der Waals surface area contributed by atoms with Crippen LogP contribution in [0.3, 0.4) is 0 Å². The van der Waals surface area contributed by atoms with Crippen LogP contribution in [0, 0.1) is 0 Å². The maximum atomic E-state index is 12.7. The summed E-state index contributed by atoms with van der Waals surface area (Å²) in [4.78, 5) is 0. The van der Waals surface area contributed by atoms with Crippen molar-refractivity contribution in [2.75, 3.05) is 13.2 Å².